The van der Waals surface area contributed by atoms with E-state index in [1.807, 2.05) is 6.07 Å². The largest absolute Gasteiger partial charge is 0.329 e. The minimum Gasteiger partial charge on any atom is -0.329 e. The minimum atomic E-state index is -0.187. The van der Waals surface area contributed by atoms with Gasteiger partial charge in [-0.1, -0.05) is 12.1 Å². The zero-order valence-electron chi connectivity index (χ0n) is 11.1. The van der Waals surface area contributed by atoms with Gasteiger partial charge in [0.1, 0.15) is 5.82 Å². The maximum atomic E-state index is 13.3. The molecule has 1 saturated heterocycles. The van der Waals surface area contributed by atoms with E-state index in [2.05, 4.69) is 23.8 Å². The molecule has 0 spiro atoms. The Balaban J connectivity index is 2.14. The van der Waals surface area contributed by atoms with Crippen LogP contribution in [-0.2, 0) is 0 Å². The van der Waals surface area contributed by atoms with Crippen LogP contribution in [0.3, 0.4) is 0 Å². The normalized spacial score (nSPS) is 24.1. The van der Waals surface area contributed by atoms with E-state index in [1.54, 1.807) is 12.1 Å². The molecule has 1 heterocycles. The lowest BCUT2D eigenvalue weighted by Crippen LogP contribution is -2.52. The molecule has 1 aromatic carbocycles. The number of nitrogens with zero attached hydrogens (tertiary/aromatic N) is 2. The second-order valence-electron chi connectivity index (χ2n) is 5.13. The van der Waals surface area contributed by atoms with Crippen molar-refractivity contribution in [3.8, 4) is 0 Å². The number of hydrogen-bond donors (Lipinski definition) is 1. The minimum absolute atomic E-state index is 0.122. The predicted molar refractivity (Wildman–Crippen MR) is 71.9 cm³/mol. The quantitative estimate of drug-likeness (QED) is 0.883. The zero-order valence-corrected chi connectivity index (χ0v) is 11.1. The summed E-state index contributed by atoms with van der Waals surface area (Å²) in [5.41, 5.74) is 6.87. The second-order valence-corrected chi connectivity index (χ2v) is 5.13. The molecule has 2 unspecified atom stereocenters. The first kappa shape index (κ1) is 13.5. The summed E-state index contributed by atoms with van der Waals surface area (Å²) in [5, 5.41) is 0. The van der Waals surface area contributed by atoms with E-state index < -0.39 is 0 Å². The number of likely N-dealkylation sites (N-methyl/N-ethyl adjacent to an activating group) is 1. The average Bonchev–Trinajstić information content (AvgIpc) is 2.35. The van der Waals surface area contributed by atoms with E-state index >= 15 is 0 Å². The highest BCUT2D eigenvalue weighted by atomic mass is 19.1. The monoisotopic (exact) mass is 251 g/mol. The van der Waals surface area contributed by atoms with E-state index in [1.165, 1.54) is 6.07 Å². The summed E-state index contributed by atoms with van der Waals surface area (Å²) >= 11 is 0. The average molecular weight is 251 g/mol. The number of halogens is 1. The molecule has 2 rings (SSSR count). The third kappa shape index (κ3) is 2.88. The third-order valence-electron chi connectivity index (χ3n) is 3.89. The number of rotatable bonds is 3. The molecule has 1 aliphatic rings. The van der Waals surface area contributed by atoms with Gasteiger partial charge in [0.25, 0.3) is 0 Å². The molecular formula is C14H22FN3. The number of nitrogens with two attached hydrogens (primary N) is 1. The van der Waals surface area contributed by atoms with Crippen molar-refractivity contribution in [3.63, 3.8) is 0 Å². The van der Waals surface area contributed by atoms with E-state index in [-0.39, 0.29) is 11.9 Å². The topological polar surface area (TPSA) is 32.5 Å². The van der Waals surface area contributed by atoms with E-state index in [0.29, 0.717) is 12.6 Å². The Labute approximate surface area is 108 Å². The molecule has 0 aromatic heterocycles. The van der Waals surface area contributed by atoms with Gasteiger partial charge in [-0.2, -0.15) is 0 Å². The van der Waals surface area contributed by atoms with E-state index in [9.17, 15) is 4.39 Å². The van der Waals surface area contributed by atoms with Crippen LogP contribution in [0.15, 0.2) is 24.3 Å². The molecule has 0 bridgehead atoms. The highest BCUT2D eigenvalue weighted by Gasteiger charge is 2.26. The molecule has 1 fully saturated rings. The van der Waals surface area contributed by atoms with Gasteiger partial charge in [-0.05, 0) is 31.7 Å². The lowest BCUT2D eigenvalue weighted by Gasteiger charge is -2.41. The maximum absolute atomic E-state index is 13.3. The molecule has 0 aliphatic carbocycles. The summed E-state index contributed by atoms with van der Waals surface area (Å²) in [7, 11) is 2.14. The molecule has 1 aliphatic heterocycles. The van der Waals surface area contributed by atoms with Gasteiger partial charge in [0, 0.05) is 38.3 Å². The fraction of sp³-hybridized carbons (Fsp3) is 0.571. The van der Waals surface area contributed by atoms with Crippen LogP contribution in [0.4, 0.5) is 4.39 Å². The van der Waals surface area contributed by atoms with Crippen molar-refractivity contribution in [1.82, 2.24) is 9.80 Å². The molecule has 1 aromatic rings. The standard InChI is InChI=1S/C14H22FN3/c1-11-10-18(7-6-17(11)2)14(9-16)12-4-3-5-13(15)8-12/h3-5,8,11,14H,6-7,9-10,16H2,1-2H3. The van der Waals surface area contributed by atoms with Gasteiger partial charge >= 0.3 is 0 Å². The predicted octanol–water partition coefficient (Wildman–Crippen LogP) is 1.46. The Morgan fingerprint density at radius 3 is 2.83 bits per heavy atom. The lowest BCUT2D eigenvalue weighted by atomic mass is 10.0. The van der Waals surface area contributed by atoms with E-state index in [4.69, 9.17) is 5.73 Å². The first-order valence-electron chi connectivity index (χ1n) is 6.51. The van der Waals surface area contributed by atoms with Crippen molar-refractivity contribution in [2.24, 2.45) is 5.73 Å². The van der Waals surface area contributed by atoms with Gasteiger partial charge in [-0.3, -0.25) is 4.90 Å². The zero-order chi connectivity index (χ0) is 13.1. The Morgan fingerprint density at radius 1 is 1.44 bits per heavy atom. The van der Waals surface area contributed by atoms with Gasteiger partial charge in [0.05, 0.1) is 0 Å². The molecule has 0 saturated carbocycles. The molecule has 0 amide bonds. The summed E-state index contributed by atoms with van der Waals surface area (Å²) in [6.45, 7) is 5.74. The van der Waals surface area contributed by atoms with Crippen LogP contribution in [0.2, 0.25) is 0 Å². The number of benzene rings is 1. The van der Waals surface area contributed by atoms with Crippen molar-refractivity contribution in [2.75, 3.05) is 33.2 Å². The van der Waals surface area contributed by atoms with Gasteiger partial charge in [-0.15, -0.1) is 0 Å². The number of piperazine rings is 1. The summed E-state index contributed by atoms with van der Waals surface area (Å²) in [5.74, 6) is -0.187. The Morgan fingerprint density at radius 2 is 2.22 bits per heavy atom. The fourth-order valence-corrected chi connectivity index (χ4v) is 2.57. The van der Waals surface area contributed by atoms with Gasteiger partial charge in [0.2, 0.25) is 0 Å². The highest BCUT2D eigenvalue weighted by Crippen LogP contribution is 2.23. The van der Waals surface area contributed by atoms with Gasteiger partial charge in [-0.25, -0.2) is 4.39 Å². The molecule has 2 atom stereocenters. The van der Waals surface area contributed by atoms with Crippen molar-refractivity contribution in [2.45, 2.75) is 19.0 Å². The molecule has 2 N–H and O–H groups in total. The van der Waals surface area contributed by atoms with Crippen LogP contribution in [0.5, 0.6) is 0 Å². The Kier molecular flexibility index (Phi) is 4.32. The van der Waals surface area contributed by atoms with Gasteiger partial charge in [0.15, 0.2) is 0 Å². The Bertz CT molecular complexity index is 396. The summed E-state index contributed by atoms with van der Waals surface area (Å²) in [6.07, 6.45) is 0. The fourth-order valence-electron chi connectivity index (χ4n) is 2.57. The summed E-state index contributed by atoms with van der Waals surface area (Å²) in [4.78, 5) is 4.70. The van der Waals surface area contributed by atoms with E-state index in [0.717, 1.165) is 25.2 Å². The molecular weight excluding hydrogens is 229 g/mol. The van der Waals surface area contributed by atoms with Crippen LogP contribution in [0.25, 0.3) is 0 Å². The molecule has 18 heavy (non-hydrogen) atoms. The van der Waals surface area contributed by atoms with Crippen molar-refractivity contribution in [1.29, 1.82) is 0 Å². The molecule has 3 nitrogen and oxygen atoms in total. The highest BCUT2D eigenvalue weighted by molar-refractivity contribution is 5.21. The SMILES string of the molecule is CC1CN(C(CN)c2cccc(F)c2)CCN1C. The molecule has 4 heteroatoms. The smallest absolute Gasteiger partial charge is 0.123 e. The third-order valence-corrected chi connectivity index (χ3v) is 3.89. The first-order chi connectivity index (χ1) is 8.61. The van der Waals surface area contributed by atoms with Gasteiger partial charge < -0.3 is 10.6 Å². The summed E-state index contributed by atoms with van der Waals surface area (Å²) < 4.78 is 13.3. The van der Waals surface area contributed by atoms with Crippen molar-refractivity contribution < 1.29 is 4.39 Å². The van der Waals surface area contributed by atoms with Crippen LogP contribution >= 0.6 is 0 Å². The van der Waals surface area contributed by atoms with Crippen LogP contribution < -0.4 is 5.73 Å². The van der Waals surface area contributed by atoms with Crippen LogP contribution in [-0.4, -0.2) is 49.1 Å². The Hall–Kier alpha value is -0.970. The van der Waals surface area contributed by atoms with Crippen molar-refractivity contribution in [3.05, 3.63) is 35.6 Å². The molecule has 100 valence electrons. The van der Waals surface area contributed by atoms with Crippen LogP contribution in [0, 0.1) is 5.82 Å². The number of hydrogen-bond acceptors (Lipinski definition) is 3. The molecule has 0 radical (unpaired) electrons. The summed E-state index contributed by atoms with van der Waals surface area (Å²) in [6, 6.07) is 7.43. The maximum Gasteiger partial charge on any atom is 0.123 e. The first-order valence-corrected chi connectivity index (χ1v) is 6.51. The van der Waals surface area contributed by atoms with Crippen molar-refractivity contribution >= 4 is 0 Å². The lowest BCUT2D eigenvalue weighted by molar-refractivity contribution is 0.0740. The van der Waals surface area contributed by atoms with Crippen LogP contribution in [0.1, 0.15) is 18.5 Å². The second kappa shape index (κ2) is 5.78.